The summed E-state index contributed by atoms with van der Waals surface area (Å²) in [6.45, 7) is 0.296. The molecule has 8 heteroatoms. The summed E-state index contributed by atoms with van der Waals surface area (Å²) in [5, 5.41) is 0.872. The second-order valence-electron chi connectivity index (χ2n) is 6.11. The SMILES string of the molecule is NC(=O)[C@@H]1CC(=O)N(c2ccc(-c3nc4cc(Cl)cc(Cl)c4o3)cc2)C1. The van der Waals surface area contributed by atoms with Gasteiger partial charge in [-0.15, -0.1) is 0 Å². The maximum atomic E-state index is 12.1. The fourth-order valence-electron chi connectivity index (χ4n) is 3.01. The Bertz CT molecular complexity index is 1030. The van der Waals surface area contributed by atoms with Gasteiger partial charge in [-0.25, -0.2) is 4.98 Å². The van der Waals surface area contributed by atoms with Crippen molar-refractivity contribution in [2.75, 3.05) is 11.4 Å². The van der Waals surface area contributed by atoms with Gasteiger partial charge < -0.3 is 15.1 Å². The molecule has 1 atom stereocenters. The number of halogens is 2. The van der Waals surface area contributed by atoms with E-state index in [1.165, 1.54) is 0 Å². The number of fused-ring (bicyclic) bond motifs is 1. The number of nitrogens with two attached hydrogens (primary N) is 1. The molecule has 1 aliphatic heterocycles. The van der Waals surface area contributed by atoms with Crippen molar-refractivity contribution in [2.45, 2.75) is 6.42 Å². The Morgan fingerprint density at radius 2 is 1.96 bits per heavy atom. The Hall–Kier alpha value is -2.57. The van der Waals surface area contributed by atoms with Crippen LogP contribution < -0.4 is 10.6 Å². The molecule has 1 aliphatic rings. The number of benzene rings is 2. The Kier molecular flexibility index (Phi) is 4.09. The third-order valence-electron chi connectivity index (χ3n) is 4.36. The molecule has 2 amide bonds. The first-order valence-electron chi connectivity index (χ1n) is 7.88. The molecule has 1 saturated heterocycles. The number of carbonyl (C=O) groups excluding carboxylic acids is 2. The Morgan fingerprint density at radius 3 is 2.62 bits per heavy atom. The lowest BCUT2D eigenvalue weighted by Crippen LogP contribution is -2.28. The second kappa shape index (κ2) is 6.30. The van der Waals surface area contributed by atoms with E-state index < -0.39 is 11.8 Å². The minimum Gasteiger partial charge on any atom is -0.435 e. The fraction of sp³-hybridized carbons (Fsp3) is 0.167. The predicted molar refractivity (Wildman–Crippen MR) is 99.1 cm³/mol. The van der Waals surface area contributed by atoms with Crippen molar-refractivity contribution >= 4 is 51.8 Å². The summed E-state index contributed by atoms with van der Waals surface area (Å²) in [6.07, 6.45) is 0.140. The van der Waals surface area contributed by atoms with Gasteiger partial charge in [0, 0.05) is 29.2 Å². The van der Waals surface area contributed by atoms with Crippen LogP contribution in [-0.2, 0) is 9.59 Å². The molecular formula is C18H13Cl2N3O3. The highest BCUT2D eigenvalue weighted by Crippen LogP contribution is 2.33. The summed E-state index contributed by atoms with van der Waals surface area (Å²) >= 11 is 12.1. The highest BCUT2D eigenvalue weighted by atomic mass is 35.5. The topological polar surface area (TPSA) is 89.4 Å². The normalized spacial score (nSPS) is 17.2. The molecule has 0 spiro atoms. The molecule has 1 aromatic heterocycles. The highest BCUT2D eigenvalue weighted by Gasteiger charge is 2.33. The number of oxazole rings is 1. The molecule has 1 fully saturated rings. The largest absolute Gasteiger partial charge is 0.435 e. The second-order valence-corrected chi connectivity index (χ2v) is 6.95. The van der Waals surface area contributed by atoms with E-state index >= 15 is 0 Å². The van der Waals surface area contributed by atoms with Gasteiger partial charge in [0.25, 0.3) is 0 Å². The zero-order valence-corrected chi connectivity index (χ0v) is 14.9. The van der Waals surface area contributed by atoms with Crippen LogP contribution in [0.25, 0.3) is 22.6 Å². The Labute approximate surface area is 158 Å². The third kappa shape index (κ3) is 2.91. The standard InChI is InChI=1S/C18H13Cl2N3O3/c19-11-6-13(20)16-14(7-11)22-18(26-16)9-1-3-12(4-2-9)23-8-10(17(21)25)5-15(23)24/h1-4,6-7,10H,5,8H2,(H2,21,25)/t10-/m1/s1. The van der Waals surface area contributed by atoms with Gasteiger partial charge in [-0.05, 0) is 36.4 Å². The monoisotopic (exact) mass is 389 g/mol. The van der Waals surface area contributed by atoms with Gasteiger partial charge in [-0.3, -0.25) is 9.59 Å². The quantitative estimate of drug-likeness (QED) is 0.740. The molecule has 4 rings (SSSR count). The van der Waals surface area contributed by atoms with Crippen LogP contribution in [0.3, 0.4) is 0 Å². The van der Waals surface area contributed by atoms with E-state index in [0.717, 1.165) is 5.56 Å². The van der Waals surface area contributed by atoms with Crippen LogP contribution in [0.1, 0.15) is 6.42 Å². The summed E-state index contributed by atoms with van der Waals surface area (Å²) in [4.78, 5) is 29.4. The first-order valence-corrected chi connectivity index (χ1v) is 8.63. The zero-order chi connectivity index (χ0) is 18.4. The summed E-state index contributed by atoms with van der Waals surface area (Å²) < 4.78 is 5.73. The van der Waals surface area contributed by atoms with Crippen molar-refractivity contribution in [2.24, 2.45) is 11.7 Å². The molecule has 2 aromatic carbocycles. The van der Waals surface area contributed by atoms with Crippen LogP contribution in [0.4, 0.5) is 5.69 Å². The number of aromatic nitrogens is 1. The van der Waals surface area contributed by atoms with Crippen molar-refractivity contribution in [1.82, 2.24) is 4.98 Å². The Morgan fingerprint density at radius 1 is 1.23 bits per heavy atom. The number of primary amides is 1. The van der Waals surface area contributed by atoms with E-state index in [0.29, 0.717) is 39.3 Å². The average molecular weight is 390 g/mol. The van der Waals surface area contributed by atoms with E-state index in [-0.39, 0.29) is 12.3 Å². The van der Waals surface area contributed by atoms with Crippen molar-refractivity contribution in [3.8, 4) is 11.5 Å². The first-order chi connectivity index (χ1) is 12.4. The van der Waals surface area contributed by atoms with E-state index in [9.17, 15) is 9.59 Å². The van der Waals surface area contributed by atoms with Crippen LogP contribution in [-0.4, -0.2) is 23.3 Å². The Balaban J connectivity index is 1.63. The van der Waals surface area contributed by atoms with E-state index in [1.54, 1.807) is 41.3 Å². The van der Waals surface area contributed by atoms with Crippen LogP contribution in [0.5, 0.6) is 0 Å². The molecule has 26 heavy (non-hydrogen) atoms. The van der Waals surface area contributed by atoms with Crippen LogP contribution >= 0.6 is 23.2 Å². The average Bonchev–Trinajstić information content (AvgIpc) is 3.19. The molecule has 2 heterocycles. The lowest BCUT2D eigenvalue weighted by molar-refractivity contribution is -0.123. The number of amides is 2. The van der Waals surface area contributed by atoms with Gasteiger partial charge in [-0.2, -0.15) is 0 Å². The lowest BCUT2D eigenvalue weighted by atomic mass is 10.1. The third-order valence-corrected chi connectivity index (χ3v) is 4.86. The van der Waals surface area contributed by atoms with Gasteiger partial charge in [-0.1, -0.05) is 23.2 Å². The van der Waals surface area contributed by atoms with E-state index in [1.807, 2.05) is 0 Å². The first kappa shape index (κ1) is 16.9. The number of hydrogen-bond donors (Lipinski definition) is 1. The van der Waals surface area contributed by atoms with Crippen molar-refractivity contribution in [3.05, 3.63) is 46.4 Å². The van der Waals surface area contributed by atoms with Crippen LogP contribution in [0.15, 0.2) is 40.8 Å². The maximum Gasteiger partial charge on any atom is 0.227 e. The maximum absolute atomic E-state index is 12.1. The minimum absolute atomic E-state index is 0.121. The molecule has 0 bridgehead atoms. The number of rotatable bonds is 3. The van der Waals surface area contributed by atoms with Crippen LogP contribution in [0.2, 0.25) is 10.0 Å². The predicted octanol–water partition coefficient (Wildman–Crippen LogP) is 3.64. The zero-order valence-electron chi connectivity index (χ0n) is 13.4. The van der Waals surface area contributed by atoms with Crippen molar-refractivity contribution < 1.29 is 14.0 Å². The molecule has 0 radical (unpaired) electrons. The van der Waals surface area contributed by atoms with E-state index in [4.69, 9.17) is 33.4 Å². The number of anilines is 1. The molecule has 0 saturated carbocycles. The molecule has 3 aromatic rings. The smallest absolute Gasteiger partial charge is 0.227 e. The molecule has 6 nitrogen and oxygen atoms in total. The van der Waals surface area contributed by atoms with E-state index in [2.05, 4.69) is 4.98 Å². The van der Waals surface area contributed by atoms with Gasteiger partial charge in [0.05, 0.1) is 10.9 Å². The fourth-order valence-corrected chi connectivity index (χ4v) is 3.54. The summed E-state index contributed by atoms with van der Waals surface area (Å²) in [5.41, 5.74) is 7.76. The molecule has 132 valence electrons. The summed E-state index contributed by atoms with van der Waals surface area (Å²) in [7, 11) is 0. The molecular weight excluding hydrogens is 377 g/mol. The molecule has 0 unspecified atom stereocenters. The van der Waals surface area contributed by atoms with Crippen molar-refractivity contribution in [3.63, 3.8) is 0 Å². The number of hydrogen-bond acceptors (Lipinski definition) is 4. The van der Waals surface area contributed by atoms with Crippen molar-refractivity contribution in [1.29, 1.82) is 0 Å². The van der Waals surface area contributed by atoms with Crippen LogP contribution in [0, 0.1) is 5.92 Å². The summed E-state index contributed by atoms with van der Waals surface area (Å²) in [5.74, 6) is -0.631. The van der Waals surface area contributed by atoms with Gasteiger partial charge >= 0.3 is 0 Å². The lowest BCUT2D eigenvalue weighted by Gasteiger charge is -2.16. The molecule has 0 aliphatic carbocycles. The van der Waals surface area contributed by atoms with Gasteiger partial charge in [0.2, 0.25) is 17.7 Å². The highest BCUT2D eigenvalue weighted by molar-refractivity contribution is 6.38. The minimum atomic E-state index is -0.459. The molecule has 2 N–H and O–H groups in total. The van der Waals surface area contributed by atoms with Gasteiger partial charge in [0.15, 0.2) is 5.58 Å². The van der Waals surface area contributed by atoms with Gasteiger partial charge in [0.1, 0.15) is 5.52 Å². The number of nitrogens with zero attached hydrogens (tertiary/aromatic N) is 2. The number of carbonyl (C=O) groups is 2. The summed E-state index contributed by atoms with van der Waals surface area (Å²) in [6, 6.07) is 10.4.